The van der Waals surface area contributed by atoms with Gasteiger partial charge in [0.05, 0.1) is 0 Å². The number of thioether (sulfide) groups is 1. The van der Waals surface area contributed by atoms with Crippen LogP contribution in [0.1, 0.15) is 63.9 Å². The van der Waals surface area contributed by atoms with Crippen molar-refractivity contribution in [1.82, 2.24) is 0 Å². The summed E-state index contributed by atoms with van der Waals surface area (Å²) >= 11 is 4.97. The number of ether oxygens (including phenoxy) is 1. The van der Waals surface area contributed by atoms with E-state index in [1.54, 1.807) is 0 Å². The first kappa shape index (κ1) is 22.6. The Morgan fingerprint density at radius 1 is 1.41 bits per heavy atom. The molecule has 6 heteroatoms. The minimum Gasteiger partial charge on any atom is -0.486 e. The Bertz CT molecular complexity index is 687. The second-order valence-electron chi connectivity index (χ2n) is 7.59. The number of fused-ring (bicyclic) bond motifs is 1. The van der Waals surface area contributed by atoms with E-state index in [-0.39, 0.29) is 23.2 Å². The summed E-state index contributed by atoms with van der Waals surface area (Å²) in [5.74, 6) is 2.62. The van der Waals surface area contributed by atoms with Crippen molar-refractivity contribution in [3.63, 3.8) is 0 Å². The van der Waals surface area contributed by atoms with Crippen molar-refractivity contribution in [3.05, 3.63) is 34.3 Å². The van der Waals surface area contributed by atoms with Gasteiger partial charge in [0.25, 0.3) is 0 Å². The van der Waals surface area contributed by atoms with Gasteiger partial charge in [0, 0.05) is 22.2 Å². The summed E-state index contributed by atoms with van der Waals surface area (Å²) in [7, 11) is 0. The van der Waals surface area contributed by atoms with Gasteiger partial charge < -0.3 is 10.5 Å². The van der Waals surface area contributed by atoms with E-state index in [2.05, 4.69) is 47.1 Å². The number of nitrogens with two attached hydrogens (primary N) is 1. The zero-order chi connectivity index (χ0) is 18.6. The molecule has 1 aliphatic carbocycles. The minimum absolute atomic E-state index is 0. The summed E-state index contributed by atoms with van der Waals surface area (Å²) in [5, 5.41) is 7.61. The lowest BCUT2D eigenvalue weighted by Crippen LogP contribution is -2.42. The summed E-state index contributed by atoms with van der Waals surface area (Å²) in [4.78, 5) is 0. The van der Waals surface area contributed by atoms with Crippen molar-refractivity contribution in [3.8, 4) is 5.75 Å². The molecule has 3 rings (SSSR count). The van der Waals surface area contributed by atoms with Gasteiger partial charge in [0.15, 0.2) is 5.17 Å². The highest BCUT2D eigenvalue weighted by Crippen LogP contribution is 2.48. The monoisotopic (exact) mass is 472 g/mol. The fourth-order valence-corrected chi connectivity index (χ4v) is 5.06. The van der Waals surface area contributed by atoms with Crippen molar-refractivity contribution >= 4 is 50.8 Å². The molecule has 1 heterocycles. The highest BCUT2D eigenvalue weighted by molar-refractivity contribution is 9.10. The lowest BCUT2D eigenvalue weighted by Gasteiger charge is -2.44. The molecule has 0 bridgehead atoms. The summed E-state index contributed by atoms with van der Waals surface area (Å²) in [6, 6.07) is 6.31. The number of unbranched alkanes of at least 4 members (excludes halogenated alkanes) is 1. The molecular weight excluding hydrogens is 444 g/mol. The number of rotatable bonds is 5. The summed E-state index contributed by atoms with van der Waals surface area (Å²) < 4.78 is 7.66. The summed E-state index contributed by atoms with van der Waals surface area (Å²) in [6.45, 7) is 2.28. The fourth-order valence-electron chi connectivity index (χ4n) is 4.23. The van der Waals surface area contributed by atoms with E-state index in [9.17, 15) is 0 Å². The van der Waals surface area contributed by atoms with Crippen molar-refractivity contribution in [1.29, 1.82) is 5.41 Å². The molecule has 2 aliphatic rings. The number of amidine groups is 1. The second-order valence-corrected chi connectivity index (χ2v) is 9.57. The molecular formula is C21H30BrClN2OS. The molecule has 150 valence electrons. The van der Waals surface area contributed by atoms with Crippen LogP contribution in [0.2, 0.25) is 0 Å². The molecule has 1 spiro atoms. The molecule has 0 saturated heterocycles. The van der Waals surface area contributed by atoms with E-state index in [0.29, 0.717) is 0 Å². The van der Waals surface area contributed by atoms with Crippen LogP contribution in [0.15, 0.2) is 28.7 Å². The number of halogens is 2. The number of nitrogens with one attached hydrogen (secondary N) is 1. The Kier molecular flexibility index (Phi) is 8.57. The van der Waals surface area contributed by atoms with Gasteiger partial charge in [-0.2, -0.15) is 0 Å². The van der Waals surface area contributed by atoms with E-state index in [4.69, 9.17) is 15.9 Å². The van der Waals surface area contributed by atoms with Crippen LogP contribution in [-0.4, -0.2) is 16.5 Å². The Balaban J connectivity index is 0.00000261. The number of hydrogen-bond donors (Lipinski definition) is 2. The molecule has 1 saturated carbocycles. The van der Waals surface area contributed by atoms with Crippen LogP contribution in [0, 0.1) is 11.3 Å². The zero-order valence-corrected chi connectivity index (χ0v) is 19.1. The standard InChI is InChI=1S/C21H29BrN2OS.ClH/c1-2-3-4-15-7-10-21(11-8-15)14-16(9-12-26-20(23)24)18-13-17(22)5-6-19(18)25-21;/h5-6,9,13,15H,2-4,7-8,10-12,14H2,1H3,(H3,23,24);1H. The second kappa shape index (κ2) is 10.2. The molecule has 27 heavy (non-hydrogen) atoms. The highest BCUT2D eigenvalue weighted by atomic mass is 79.9. The zero-order valence-electron chi connectivity index (χ0n) is 15.9. The first-order valence-electron chi connectivity index (χ1n) is 9.66. The lowest BCUT2D eigenvalue weighted by atomic mass is 9.72. The van der Waals surface area contributed by atoms with Gasteiger partial charge in [-0.05, 0) is 55.4 Å². The number of benzene rings is 1. The Hall–Kier alpha value is -0.650. The molecule has 1 aliphatic heterocycles. The fraction of sp³-hybridized carbons (Fsp3) is 0.571. The highest BCUT2D eigenvalue weighted by Gasteiger charge is 2.41. The molecule has 0 aromatic heterocycles. The molecule has 1 fully saturated rings. The van der Waals surface area contributed by atoms with Gasteiger partial charge in [-0.3, -0.25) is 5.41 Å². The molecule has 1 aromatic rings. The van der Waals surface area contributed by atoms with E-state index in [1.807, 2.05) is 0 Å². The predicted molar refractivity (Wildman–Crippen MR) is 123 cm³/mol. The first-order chi connectivity index (χ1) is 12.5. The third-order valence-corrected chi connectivity index (χ3v) is 6.82. The third-order valence-electron chi connectivity index (χ3n) is 5.68. The maximum absolute atomic E-state index is 7.44. The lowest BCUT2D eigenvalue weighted by molar-refractivity contribution is 0.0131. The van der Waals surface area contributed by atoms with Crippen molar-refractivity contribution in [2.75, 3.05) is 5.75 Å². The molecule has 1 aromatic carbocycles. The predicted octanol–water partition coefficient (Wildman–Crippen LogP) is 6.78. The van der Waals surface area contributed by atoms with Crippen LogP contribution < -0.4 is 10.5 Å². The molecule has 3 N–H and O–H groups in total. The van der Waals surface area contributed by atoms with Gasteiger partial charge in [0.2, 0.25) is 0 Å². The Labute approximate surface area is 181 Å². The summed E-state index contributed by atoms with van der Waals surface area (Å²) in [5.41, 5.74) is 7.98. The van der Waals surface area contributed by atoms with Gasteiger partial charge >= 0.3 is 0 Å². The van der Waals surface area contributed by atoms with Crippen LogP contribution in [-0.2, 0) is 0 Å². The smallest absolute Gasteiger partial charge is 0.151 e. The largest absolute Gasteiger partial charge is 0.486 e. The topological polar surface area (TPSA) is 59.1 Å². The average Bonchev–Trinajstić information content (AvgIpc) is 2.62. The van der Waals surface area contributed by atoms with Crippen LogP contribution in [0.5, 0.6) is 5.75 Å². The maximum atomic E-state index is 7.44. The minimum atomic E-state index is -0.0454. The molecule has 0 unspecified atom stereocenters. The normalized spacial score (nSPS) is 25.6. The van der Waals surface area contributed by atoms with Crippen LogP contribution >= 0.6 is 40.1 Å². The third kappa shape index (κ3) is 5.91. The van der Waals surface area contributed by atoms with E-state index in [1.165, 1.54) is 55.0 Å². The van der Waals surface area contributed by atoms with Gasteiger partial charge in [-0.15, -0.1) is 12.4 Å². The van der Waals surface area contributed by atoms with Crippen molar-refractivity contribution in [2.24, 2.45) is 11.7 Å². The molecule has 3 nitrogen and oxygen atoms in total. The van der Waals surface area contributed by atoms with E-state index >= 15 is 0 Å². The number of hydrogen-bond acceptors (Lipinski definition) is 3. The van der Waals surface area contributed by atoms with E-state index in [0.717, 1.165) is 41.2 Å². The van der Waals surface area contributed by atoms with Gasteiger partial charge in [0.1, 0.15) is 11.4 Å². The van der Waals surface area contributed by atoms with Crippen molar-refractivity contribution in [2.45, 2.75) is 63.9 Å². The summed E-state index contributed by atoms with van der Waals surface area (Å²) in [6.07, 6.45) is 12.1. The maximum Gasteiger partial charge on any atom is 0.151 e. The molecule has 0 radical (unpaired) electrons. The Morgan fingerprint density at radius 2 is 2.15 bits per heavy atom. The van der Waals surface area contributed by atoms with Crippen molar-refractivity contribution < 1.29 is 4.74 Å². The van der Waals surface area contributed by atoms with Crippen LogP contribution in [0.3, 0.4) is 0 Å². The van der Waals surface area contributed by atoms with E-state index < -0.39 is 0 Å². The quantitative estimate of drug-likeness (QED) is 0.366. The first-order valence-corrected chi connectivity index (χ1v) is 11.4. The molecule has 0 atom stereocenters. The van der Waals surface area contributed by atoms with Crippen LogP contribution in [0.25, 0.3) is 5.57 Å². The Morgan fingerprint density at radius 3 is 2.81 bits per heavy atom. The van der Waals surface area contributed by atoms with Gasteiger partial charge in [-0.1, -0.05) is 60.0 Å². The molecule has 0 amide bonds. The SMILES string of the molecule is CCCCC1CCC2(CC1)CC(=CCSC(=N)N)c1cc(Br)ccc1O2.Cl. The van der Waals surface area contributed by atoms with Gasteiger partial charge in [-0.25, -0.2) is 0 Å². The van der Waals surface area contributed by atoms with Crippen LogP contribution in [0.4, 0.5) is 0 Å². The average molecular weight is 474 g/mol.